The van der Waals surface area contributed by atoms with E-state index >= 15 is 0 Å². The molecule has 1 aliphatic heterocycles. The quantitative estimate of drug-likeness (QED) is 0.602. The standard InChI is InChI=1S/C20H17N3OS/c1-2-4-19-18(3-1)23-20(25-19)17-12-22-10-13-5-6-14(9-16(13)17)24-15-7-8-21-11-15/h1-6,9-10,12,15,21H,7-8,11H2/t15-/m0/s1. The van der Waals surface area contributed by atoms with Gasteiger partial charge in [-0.05, 0) is 48.7 Å². The zero-order valence-electron chi connectivity index (χ0n) is 13.6. The summed E-state index contributed by atoms with van der Waals surface area (Å²) in [5.74, 6) is 0.912. The van der Waals surface area contributed by atoms with E-state index in [4.69, 9.17) is 9.72 Å². The van der Waals surface area contributed by atoms with E-state index in [1.54, 1.807) is 11.3 Å². The molecule has 0 radical (unpaired) electrons. The van der Waals surface area contributed by atoms with Gasteiger partial charge < -0.3 is 10.1 Å². The first-order chi connectivity index (χ1) is 12.4. The van der Waals surface area contributed by atoms with Gasteiger partial charge in [0.1, 0.15) is 16.9 Å². The van der Waals surface area contributed by atoms with Gasteiger partial charge in [0, 0.05) is 29.9 Å². The van der Waals surface area contributed by atoms with E-state index in [1.807, 2.05) is 30.6 Å². The molecule has 0 aliphatic carbocycles. The van der Waals surface area contributed by atoms with Gasteiger partial charge in [0.15, 0.2) is 0 Å². The summed E-state index contributed by atoms with van der Waals surface area (Å²) in [6.07, 6.45) is 5.11. The number of hydrogen-bond donors (Lipinski definition) is 1. The molecule has 0 amide bonds. The monoisotopic (exact) mass is 347 g/mol. The normalized spacial score (nSPS) is 17.4. The molecule has 1 aliphatic rings. The summed E-state index contributed by atoms with van der Waals surface area (Å²) in [5.41, 5.74) is 2.10. The molecule has 0 unspecified atom stereocenters. The van der Waals surface area contributed by atoms with Gasteiger partial charge in [0.25, 0.3) is 0 Å². The Kier molecular flexibility index (Phi) is 3.61. The molecule has 5 rings (SSSR count). The second-order valence-corrected chi connectivity index (χ2v) is 7.32. The highest BCUT2D eigenvalue weighted by atomic mass is 32.1. The Balaban J connectivity index is 1.61. The van der Waals surface area contributed by atoms with Crippen LogP contribution in [0.3, 0.4) is 0 Å². The van der Waals surface area contributed by atoms with Crippen LogP contribution >= 0.6 is 11.3 Å². The summed E-state index contributed by atoms with van der Waals surface area (Å²) in [6.45, 7) is 1.94. The number of para-hydroxylation sites is 1. The summed E-state index contributed by atoms with van der Waals surface area (Å²) in [7, 11) is 0. The van der Waals surface area contributed by atoms with Crippen molar-refractivity contribution in [1.29, 1.82) is 0 Å². The van der Waals surface area contributed by atoms with Crippen LogP contribution in [-0.4, -0.2) is 29.2 Å². The Morgan fingerprint density at radius 3 is 2.96 bits per heavy atom. The topological polar surface area (TPSA) is 47.0 Å². The van der Waals surface area contributed by atoms with E-state index < -0.39 is 0 Å². The maximum atomic E-state index is 6.13. The van der Waals surface area contributed by atoms with Gasteiger partial charge in [-0.3, -0.25) is 4.98 Å². The van der Waals surface area contributed by atoms with Crippen molar-refractivity contribution in [3.8, 4) is 16.3 Å². The third-order valence-electron chi connectivity index (χ3n) is 4.57. The van der Waals surface area contributed by atoms with Crippen molar-refractivity contribution in [3.63, 3.8) is 0 Å². The van der Waals surface area contributed by atoms with Gasteiger partial charge in [-0.2, -0.15) is 0 Å². The smallest absolute Gasteiger partial charge is 0.126 e. The Labute approximate surface area is 149 Å². The molecule has 1 saturated heterocycles. The van der Waals surface area contributed by atoms with Crippen molar-refractivity contribution in [3.05, 3.63) is 54.9 Å². The number of aromatic nitrogens is 2. The second kappa shape index (κ2) is 6.10. The summed E-state index contributed by atoms with van der Waals surface area (Å²) < 4.78 is 7.33. The highest BCUT2D eigenvalue weighted by molar-refractivity contribution is 7.21. The molecule has 1 atom stereocenters. The van der Waals surface area contributed by atoms with Crippen molar-refractivity contribution >= 4 is 32.3 Å². The molecule has 4 nitrogen and oxygen atoms in total. The number of fused-ring (bicyclic) bond motifs is 2. The minimum atomic E-state index is 0.255. The van der Waals surface area contributed by atoms with Gasteiger partial charge in [0.05, 0.1) is 10.2 Å². The van der Waals surface area contributed by atoms with E-state index in [2.05, 4.69) is 34.6 Å². The van der Waals surface area contributed by atoms with Gasteiger partial charge >= 0.3 is 0 Å². The lowest BCUT2D eigenvalue weighted by Crippen LogP contribution is -2.19. The van der Waals surface area contributed by atoms with E-state index in [0.29, 0.717) is 0 Å². The summed E-state index contributed by atoms with van der Waals surface area (Å²) >= 11 is 1.70. The first kappa shape index (κ1) is 14.8. The van der Waals surface area contributed by atoms with Crippen LogP contribution in [0.15, 0.2) is 54.9 Å². The number of rotatable bonds is 3. The summed E-state index contributed by atoms with van der Waals surface area (Å²) in [5, 5.41) is 6.58. The van der Waals surface area contributed by atoms with Crippen molar-refractivity contribution in [1.82, 2.24) is 15.3 Å². The SMILES string of the molecule is c1ccc2sc(-c3cncc4ccc(O[C@H]5CCNC5)cc34)nc2c1. The zero-order chi connectivity index (χ0) is 16.6. The lowest BCUT2D eigenvalue weighted by molar-refractivity contribution is 0.223. The van der Waals surface area contributed by atoms with Crippen molar-refractivity contribution in [2.24, 2.45) is 0 Å². The van der Waals surface area contributed by atoms with E-state index in [9.17, 15) is 0 Å². The fraction of sp³-hybridized carbons (Fsp3) is 0.200. The van der Waals surface area contributed by atoms with Crippen LogP contribution < -0.4 is 10.1 Å². The summed E-state index contributed by atoms with van der Waals surface area (Å²) in [4.78, 5) is 9.20. The number of ether oxygens (including phenoxy) is 1. The maximum Gasteiger partial charge on any atom is 0.126 e. The fourth-order valence-electron chi connectivity index (χ4n) is 3.30. The van der Waals surface area contributed by atoms with E-state index in [1.165, 1.54) is 4.70 Å². The van der Waals surface area contributed by atoms with E-state index in [-0.39, 0.29) is 6.10 Å². The van der Waals surface area contributed by atoms with Crippen LogP contribution in [0.2, 0.25) is 0 Å². The average Bonchev–Trinajstić information content (AvgIpc) is 3.30. The molecule has 5 heteroatoms. The third-order valence-corrected chi connectivity index (χ3v) is 5.64. The van der Waals surface area contributed by atoms with Crippen molar-refractivity contribution < 1.29 is 4.74 Å². The molecule has 3 heterocycles. The minimum Gasteiger partial charge on any atom is -0.489 e. The first-order valence-corrected chi connectivity index (χ1v) is 9.29. The molecule has 2 aromatic carbocycles. The fourth-order valence-corrected chi connectivity index (χ4v) is 4.28. The lowest BCUT2D eigenvalue weighted by atomic mass is 10.1. The molecule has 2 aromatic heterocycles. The largest absolute Gasteiger partial charge is 0.489 e. The molecule has 0 saturated carbocycles. The Bertz CT molecular complexity index is 1020. The van der Waals surface area contributed by atoms with E-state index in [0.717, 1.165) is 52.1 Å². The van der Waals surface area contributed by atoms with Gasteiger partial charge in [-0.15, -0.1) is 11.3 Å². The first-order valence-electron chi connectivity index (χ1n) is 8.48. The van der Waals surface area contributed by atoms with Crippen LogP contribution in [0.4, 0.5) is 0 Å². The van der Waals surface area contributed by atoms with Gasteiger partial charge in [-0.25, -0.2) is 4.98 Å². The molecule has 1 fully saturated rings. The third kappa shape index (κ3) is 2.75. The van der Waals surface area contributed by atoms with Crippen molar-refractivity contribution in [2.45, 2.75) is 12.5 Å². The number of thiazole rings is 1. The van der Waals surface area contributed by atoms with Gasteiger partial charge in [0.2, 0.25) is 0 Å². The van der Waals surface area contributed by atoms with Crippen molar-refractivity contribution in [2.75, 3.05) is 13.1 Å². The van der Waals surface area contributed by atoms with Crippen LogP contribution in [0.5, 0.6) is 5.75 Å². The van der Waals surface area contributed by atoms with Crippen LogP contribution in [-0.2, 0) is 0 Å². The zero-order valence-corrected chi connectivity index (χ0v) is 14.4. The number of pyridine rings is 1. The minimum absolute atomic E-state index is 0.255. The highest BCUT2D eigenvalue weighted by Crippen LogP contribution is 2.35. The Hall–Kier alpha value is -2.50. The molecular weight excluding hydrogens is 330 g/mol. The Morgan fingerprint density at radius 1 is 1.12 bits per heavy atom. The Morgan fingerprint density at radius 2 is 2.08 bits per heavy atom. The second-order valence-electron chi connectivity index (χ2n) is 6.29. The highest BCUT2D eigenvalue weighted by Gasteiger charge is 2.17. The van der Waals surface area contributed by atoms with Crippen LogP contribution in [0.1, 0.15) is 6.42 Å². The average molecular weight is 347 g/mol. The molecule has 124 valence electrons. The maximum absolute atomic E-state index is 6.13. The predicted molar refractivity (Wildman–Crippen MR) is 102 cm³/mol. The predicted octanol–water partition coefficient (Wildman–Crippen LogP) is 4.25. The van der Waals surface area contributed by atoms with Crippen LogP contribution in [0.25, 0.3) is 31.6 Å². The molecule has 1 N–H and O–H groups in total. The number of hydrogen-bond acceptors (Lipinski definition) is 5. The molecule has 0 spiro atoms. The number of nitrogens with one attached hydrogen (secondary N) is 1. The molecule has 4 aromatic rings. The molecule has 0 bridgehead atoms. The molecule has 25 heavy (non-hydrogen) atoms. The number of benzene rings is 2. The van der Waals surface area contributed by atoms with Gasteiger partial charge in [-0.1, -0.05) is 12.1 Å². The number of nitrogens with zero attached hydrogens (tertiary/aromatic N) is 2. The molecular formula is C20H17N3OS. The lowest BCUT2D eigenvalue weighted by Gasteiger charge is -2.13. The van der Waals surface area contributed by atoms with Crippen LogP contribution in [0, 0.1) is 0 Å². The summed E-state index contributed by atoms with van der Waals surface area (Å²) in [6, 6.07) is 14.5.